The SMILES string of the molecule is NC(=O)c1cc(Cl)cc(-c2ccc(Cl)cn2)c1N. The van der Waals surface area contributed by atoms with Gasteiger partial charge < -0.3 is 11.5 Å². The van der Waals surface area contributed by atoms with Crippen molar-refractivity contribution in [2.45, 2.75) is 0 Å². The van der Waals surface area contributed by atoms with Crippen molar-refractivity contribution >= 4 is 34.8 Å². The molecule has 6 heteroatoms. The quantitative estimate of drug-likeness (QED) is 0.831. The molecule has 0 aliphatic heterocycles. The number of primary amides is 1. The molecular formula is C12H9Cl2N3O. The van der Waals surface area contributed by atoms with E-state index in [-0.39, 0.29) is 11.3 Å². The van der Waals surface area contributed by atoms with Gasteiger partial charge in [0.05, 0.1) is 22.0 Å². The molecule has 0 spiro atoms. The van der Waals surface area contributed by atoms with Crippen LogP contribution in [0.5, 0.6) is 0 Å². The van der Waals surface area contributed by atoms with Crippen LogP contribution in [0.3, 0.4) is 0 Å². The zero-order chi connectivity index (χ0) is 13.3. The topological polar surface area (TPSA) is 82.0 Å². The number of pyridine rings is 1. The standard InChI is InChI=1S/C12H9Cl2N3O/c13-6-1-2-10(17-5-6)8-3-7(14)4-9(11(8)15)12(16)18/h1-5H,15H2,(H2,16,18). The highest BCUT2D eigenvalue weighted by Gasteiger charge is 2.13. The Morgan fingerprint density at radius 2 is 1.89 bits per heavy atom. The van der Waals surface area contributed by atoms with E-state index in [0.717, 1.165) is 0 Å². The lowest BCUT2D eigenvalue weighted by Crippen LogP contribution is -2.14. The van der Waals surface area contributed by atoms with E-state index in [0.29, 0.717) is 21.3 Å². The number of amides is 1. The van der Waals surface area contributed by atoms with Gasteiger partial charge in [-0.25, -0.2) is 0 Å². The summed E-state index contributed by atoms with van der Waals surface area (Å²) in [7, 11) is 0. The summed E-state index contributed by atoms with van der Waals surface area (Å²) >= 11 is 11.7. The van der Waals surface area contributed by atoms with Gasteiger partial charge in [0, 0.05) is 16.8 Å². The van der Waals surface area contributed by atoms with Crippen LogP contribution in [0.25, 0.3) is 11.3 Å². The van der Waals surface area contributed by atoms with E-state index < -0.39 is 5.91 Å². The second kappa shape index (κ2) is 4.84. The lowest BCUT2D eigenvalue weighted by molar-refractivity contribution is 0.100. The second-order valence-corrected chi connectivity index (χ2v) is 4.51. The summed E-state index contributed by atoms with van der Waals surface area (Å²) < 4.78 is 0. The first kappa shape index (κ1) is 12.7. The molecule has 0 saturated heterocycles. The summed E-state index contributed by atoms with van der Waals surface area (Å²) in [5, 5.41) is 0.874. The minimum atomic E-state index is -0.634. The van der Waals surface area contributed by atoms with Crippen molar-refractivity contribution < 1.29 is 4.79 Å². The third-order valence-electron chi connectivity index (χ3n) is 2.41. The average Bonchev–Trinajstić information content (AvgIpc) is 2.32. The van der Waals surface area contributed by atoms with Gasteiger partial charge in [-0.15, -0.1) is 0 Å². The zero-order valence-electron chi connectivity index (χ0n) is 9.15. The minimum absolute atomic E-state index is 0.175. The molecule has 0 fully saturated rings. The highest BCUT2D eigenvalue weighted by atomic mass is 35.5. The monoisotopic (exact) mass is 281 g/mol. The molecular weight excluding hydrogens is 273 g/mol. The largest absolute Gasteiger partial charge is 0.398 e. The molecule has 1 amide bonds. The summed E-state index contributed by atoms with van der Waals surface area (Å²) in [5.41, 5.74) is 12.7. The van der Waals surface area contributed by atoms with Crippen LogP contribution in [0.2, 0.25) is 10.0 Å². The van der Waals surface area contributed by atoms with Crippen LogP contribution in [-0.2, 0) is 0 Å². The maximum Gasteiger partial charge on any atom is 0.250 e. The number of aromatic nitrogens is 1. The van der Waals surface area contributed by atoms with Gasteiger partial charge in [0.25, 0.3) is 5.91 Å². The number of hydrogen-bond acceptors (Lipinski definition) is 3. The molecule has 0 unspecified atom stereocenters. The molecule has 1 aromatic carbocycles. The Bertz CT molecular complexity index is 611. The fourth-order valence-corrected chi connectivity index (χ4v) is 1.90. The normalized spacial score (nSPS) is 10.3. The van der Waals surface area contributed by atoms with Gasteiger partial charge >= 0.3 is 0 Å². The van der Waals surface area contributed by atoms with Crippen LogP contribution in [0.4, 0.5) is 5.69 Å². The zero-order valence-corrected chi connectivity index (χ0v) is 10.7. The molecule has 0 atom stereocenters. The molecule has 0 radical (unpaired) electrons. The van der Waals surface area contributed by atoms with E-state index in [1.165, 1.54) is 12.3 Å². The van der Waals surface area contributed by atoms with E-state index in [1.807, 2.05) is 0 Å². The minimum Gasteiger partial charge on any atom is -0.398 e. The van der Waals surface area contributed by atoms with Crippen LogP contribution < -0.4 is 11.5 Å². The van der Waals surface area contributed by atoms with Gasteiger partial charge in [-0.2, -0.15) is 0 Å². The number of hydrogen-bond donors (Lipinski definition) is 2. The number of nitrogens with zero attached hydrogens (tertiary/aromatic N) is 1. The molecule has 0 aliphatic rings. The van der Waals surface area contributed by atoms with Crippen LogP contribution in [0, 0.1) is 0 Å². The van der Waals surface area contributed by atoms with Crippen LogP contribution >= 0.6 is 23.2 Å². The molecule has 4 N–H and O–H groups in total. The van der Waals surface area contributed by atoms with E-state index in [9.17, 15) is 4.79 Å². The van der Waals surface area contributed by atoms with Gasteiger partial charge in [-0.05, 0) is 24.3 Å². The Kier molecular flexibility index (Phi) is 3.41. The van der Waals surface area contributed by atoms with Crippen LogP contribution in [0.15, 0.2) is 30.5 Å². The summed E-state index contributed by atoms with van der Waals surface area (Å²) in [4.78, 5) is 15.4. The number of carbonyl (C=O) groups is 1. The number of rotatable bonds is 2. The third kappa shape index (κ3) is 2.39. The maximum atomic E-state index is 11.3. The smallest absolute Gasteiger partial charge is 0.250 e. The fourth-order valence-electron chi connectivity index (χ4n) is 1.57. The number of carbonyl (C=O) groups excluding carboxylic acids is 1. The first-order chi connectivity index (χ1) is 8.49. The van der Waals surface area contributed by atoms with Gasteiger partial charge in [0.1, 0.15) is 0 Å². The number of halogens is 2. The van der Waals surface area contributed by atoms with Gasteiger partial charge in [0.15, 0.2) is 0 Å². The molecule has 2 rings (SSSR count). The molecule has 18 heavy (non-hydrogen) atoms. The lowest BCUT2D eigenvalue weighted by Gasteiger charge is -2.09. The van der Waals surface area contributed by atoms with Crippen molar-refractivity contribution in [3.63, 3.8) is 0 Å². The maximum absolute atomic E-state index is 11.3. The predicted octanol–water partition coefficient (Wildman–Crippen LogP) is 2.74. The van der Waals surface area contributed by atoms with Crippen molar-refractivity contribution in [2.24, 2.45) is 5.73 Å². The second-order valence-electron chi connectivity index (χ2n) is 3.64. The van der Waals surface area contributed by atoms with Crippen molar-refractivity contribution in [3.8, 4) is 11.3 Å². The highest BCUT2D eigenvalue weighted by molar-refractivity contribution is 6.31. The molecule has 92 valence electrons. The number of nitrogens with two attached hydrogens (primary N) is 2. The molecule has 0 saturated carbocycles. The molecule has 4 nitrogen and oxygen atoms in total. The number of anilines is 1. The fraction of sp³-hybridized carbons (Fsp3) is 0. The van der Waals surface area contributed by atoms with Crippen LogP contribution in [0.1, 0.15) is 10.4 Å². The Morgan fingerprint density at radius 3 is 2.44 bits per heavy atom. The van der Waals surface area contributed by atoms with E-state index >= 15 is 0 Å². The number of benzene rings is 1. The van der Waals surface area contributed by atoms with E-state index in [1.54, 1.807) is 18.2 Å². The van der Waals surface area contributed by atoms with Crippen molar-refractivity contribution in [1.82, 2.24) is 4.98 Å². The average molecular weight is 282 g/mol. The Morgan fingerprint density at radius 1 is 1.17 bits per heavy atom. The number of nitrogen functional groups attached to an aromatic ring is 1. The van der Waals surface area contributed by atoms with Crippen molar-refractivity contribution in [2.75, 3.05) is 5.73 Å². The molecule has 2 aromatic rings. The van der Waals surface area contributed by atoms with E-state index in [2.05, 4.69) is 4.98 Å². The Balaban J connectivity index is 2.64. The Hall–Kier alpha value is -1.78. The van der Waals surface area contributed by atoms with E-state index in [4.69, 9.17) is 34.7 Å². The summed E-state index contributed by atoms with van der Waals surface area (Å²) in [6, 6.07) is 6.42. The molecule has 0 bridgehead atoms. The van der Waals surface area contributed by atoms with Gasteiger partial charge in [0.2, 0.25) is 0 Å². The molecule has 1 heterocycles. The third-order valence-corrected chi connectivity index (χ3v) is 2.86. The van der Waals surface area contributed by atoms with Crippen molar-refractivity contribution in [3.05, 3.63) is 46.1 Å². The first-order valence-electron chi connectivity index (χ1n) is 5.00. The van der Waals surface area contributed by atoms with Crippen molar-refractivity contribution in [1.29, 1.82) is 0 Å². The summed E-state index contributed by atoms with van der Waals surface area (Å²) in [5.74, 6) is -0.634. The Labute approximate surface area is 114 Å². The molecule has 1 aromatic heterocycles. The highest BCUT2D eigenvalue weighted by Crippen LogP contribution is 2.31. The first-order valence-corrected chi connectivity index (χ1v) is 5.75. The lowest BCUT2D eigenvalue weighted by atomic mass is 10.0. The summed E-state index contributed by atoms with van der Waals surface area (Å²) in [6.45, 7) is 0. The van der Waals surface area contributed by atoms with Gasteiger partial charge in [-0.1, -0.05) is 23.2 Å². The summed E-state index contributed by atoms with van der Waals surface area (Å²) in [6.07, 6.45) is 1.49. The predicted molar refractivity (Wildman–Crippen MR) is 72.6 cm³/mol. The van der Waals surface area contributed by atoms with Gasteiger partial charge in [-0.3, -0.25) is 9.78 Å². The molecule has 0 aliphatic carbocycles. The van der Waals surface area contributed by atoms with Crippen LogP contribution in [-0.4, -0.2) is 10.9 Å².